The average Bonchev–Trinajstić information content (AvgIpc) is 2.95. The van der Waals surface area contributed by atoms with Crippen LogP contribution in [0.1, 0.15) is 35.2 Å². The number of nitriles is 1. The van der Waals surface area contributed by atoms with Gasteiger partial charge in [-0.3, -0.25) is 9.59 Å². The number of hydrogen-bond donors (Lipinski definition) is 1. The van der Waals surface area contributed by atoms with E-state index < -0.39 is 23.7 Å². The molecule has 0 radical (unpaired) electrons. The largest absolute Gasteiger partial charge is 0.497 e. The summed E-state index contributed by atoms with van der Waals surface area (Å²) in [5, 5.41) is 20.1. The summed E-state index contributed by atoms with van der Waals surface area (Å²) in [5.74, 6) is -0.142. The lowest BCUT2D eigenvalue weighted by Crippen LogP contribution is -2.42. The van der Waals surface area contributed by atoms with Gasteiger partial charge in [-0.05, 0) is 24.6 Å². The van der Waals surface area contributed by atoms with E-state index in [1.165, 1.54) is 19.1 Å². The number of ketones is 1. The normalized spacial score (nSPS) is 17.6. The number of unbranched alkanes of at least 4 members (excludes halogenated alkanes) is 1. The van der Waals surface area contributed by atoms with Crippen molar-refractivity contribution in [3.63, 3.8) is 0 Å². The standard InChI is InChI=1S/C22H22N2O5/c1-28-15-9-10-16(20(13-15)29-2)19(25)14-22(27)17-7-3-4-8-18(17)24(21(22)26)12-6-5-11-23/h3-4,7-10,13,27H,5-6,12,14H2,1-2H3/t22-/m1/s1. The molecule has 1 aliphatic rings. The minimum atomic E-state index is -1.97. The summed E-state index contributed by atoms with van der Waals surface area (Å²) in [7, 11) is 2.95. The Kier molecular flexibility index (Phi) is 5.85. The Balaban J connectivity index is 1.93. The maximum atomic E-state index is 13.1. The number of aliphatic hydroxyl groups is 1. The van der Waals surface area contributed by atoms with Crippen LogP contribution in [-0.4, -0.2) is 37.6 Å². The minimum absolute atomic E-state index is 0.259. The lowest BCUT2D eigenvalue weighted by atomic mass is 9.88. The number of para-hydroxylation sites is 1. The van der Waals surface area contributed by atoms with Crippen molar-refractivity contribution in [3.05, 3.63) is 53.6 Å². The highest BCUT2D eigenvalue weighted by molar-refractivity contribution is 6.11. The Hall–Kier alpha value is -3.37. The van der Waals surface area contributed by atoms with Crippen molar-refractivity contribution in [3.8, 4) is 17.6 Å². The molecular formula is C22H22N2O5. The second-order valence-corrected chi connectivity index (χ2v) is 6.76. The first-order valence-electron chi connectivity index (χ1n) is 9.22. The number of ether oxygens (including phenoxy) is 2. The van der Waals surface area contributed by atoms with Crippen LogP contribution in [0, 0.1) is 11.3 Å². The van der Waals surface area contributed by atoms with E-state index in [-0.39, 0.29) is 5.56 Å². The Morgan fingerprint density at radius 1 is 1.21 bits per heavy atom. The number of rotatable bonds is 8. The van der Waals surface area contributed by atoms with Crippen molar-refractivity contribution in [1.29, 1.82) is 5.26 Å². The summed E-state index contributed by atoms with van der Waals surface area (Å²) in [6, 6.07) is 13.7. The first-order valence-corrected chi connectivity index (χ1v) is 9.22. The van der Waals surface area contributed by atoms with Gasteiger partial charge in [0.25, 0.3) is 5.91 Å². The quantitative estimate of drug-likeness (QED) is 0.546. The zero-order chi connectivity index (χ0) is 21.0. The van der Waals surface area contributed by atoms with Crippen molar-refractivity contribution in [1.82, 2.24) is 0 Å². The molecule has 1 amide bonds. The zero-order valence-electron chi connectivity index (χ0n) is 16.3. The van der Waals surface area contributed by atoms with E-state index in [2.05, 4.69) is 0 Å². The molecule has 0 aliphatic carbocycles. The minimum Gasteiger partial charge on any atom is -0.497 e. The van der Waals surface area contributed by atoms with Crippen LogP contribution in [0.2, 0.25) is 0 Å². The lowest BCUT2D eigenvalue weighted by Gasteiger charge is -2.23. The van der Waals surface area contributed by atoms with Crippen LogP contribution in [-0.2, 0) is 10.4 Å². The molecule has 0 spiro atoms. The van der Waals surface area contributed by atoms with E-state index in [0.717, 1.165) is 0 Å². The number of nitrogens with zero attached hydrogens (tertiary/aromatic N) is 2. The van der Waals surface area contributed by atoms with Gasteiger partial charge < -0.3 is 19.5 Å². The smallest absolute Gasteiger partial charge is 0.264 e. The van der Waals surface area contributed by atoms with Gasteiger partial charge in [0.1, 0.15) is 11.5 Å². The summed E-state index contributed by atoms with van der Waals surface area (Å²) in [4.78, 5) is 27.6. The van der Waals surface area contributed by atoms with Gasteiger partial charge in [0.15, 0.2) is 11.4 Å². The zero-order valence-corrected chi connectivity index (χ0v) is 16.3. The summed E-state index contributed by atoms with van der Waals surface area (Å²) < 4.78 is 10.4. The van der Waals surface area contributed by atoms with Gasteiger partial charge in [-0.15, -0.1) is 0 Å². The van der Waals surface area contributed by atoms with Gasteiger partial charge in [-0.2, -0.15) is 5.26 Å². The van der Waals surface area contributed by atoms with Gasteiger partial charge in [0.2, 0.25) is 0 Å². The van der Waals surface area contributed by atoms with Crippen molar-refractivity contribution < 1.29 is 24.2 Å². The summed E-state index contributed by atoms with van der Waals surface area (Å²) >= 11 is 0. The molecule has 7 nitrogen and oxygen atoms in total. The van der Waals surface area contributed by atoms with Crippen LogP contribution in [0.15, 0.2) is 42.5 Å². The highest BCUT2D eigenvalue weighted by atomic mass is 16.5. The second-order valence-electron chi connectivity index (χ2n) is 6.76. The van der Waals surface area contributed by atoms with Crippen molar-refractivity contribution in [2.24, 2.45) is 0 Å². The SMILES string of the molecule is COc1ccc(C(=O)C[C@]2(O)C(=O)N(CCCC#N)c3ccccc32)c(OC)c1. The molecule has 0 saturated heterocycles. The van der Waals surface area contributed by atoms with Gasteiger partial charge in [0.05, 0.1) is 38.0 Å². The Morgan fingerprint density at radius 3 is 2.66 bits per heavy atom. The molecule has 3 rings (SSSR count). The van der Waals surface area contributed by atoms with E-state index in [9.17, 15) is 14.7 Å². The number of amides is 1. The van der Waals surface area contributed by atoms with Crippen LogP contribution in [0.4, 0.5) is 5.69 Å². The maximum Gasteiger partial charge on any atom is 0.264 e. The van der Waals surface area contributed by atoms with Gasteiger partial charge >= 0.3 is 0 Å². The first kappa shape index (κ1) is 20.4. The number of anilines is 1. The van der Waals surface area contributed by atoms with Crippen LogP contribution >= 0.6 is 0 Å². The molecule has 0 aromatic heterocycles. The molecule has 0 bridgehead atoms. The van der Waals surface area contributed by atoms with Crippen LogP contribution in [0.25, 0.3) is 0 Å². The highest BCUT2D eigenvalue weighted by Crippen LogP contribution is 2.43. The molecule has 150 valence electrons. The molecule has 2 aromatic carbocycles. The van der Waals surface area contributed by atoms with Gasteiger partial charge in [-0.25, -0.2) is 0 Å². The fraction of sp³-hybridized carbons (Fsp3) is 0.318. The Labute approximate surface area is 169 Å². The molecule has 1 N–H and O–H groups in total. The molecule has 29 heavy (non-hydrogen) atoms. The van der Waals surface area contributed by atoms with Crippen LogP contribution in [0.5, 0.6) is 11.5 Å². The van der Waals surface area contributed by atoms with E-state index in [0.29, 0.717) is 42.1 Å². The molecule has 1 heterocycles. The van der Waals surface area contributed by atoms with Gasteiger partial charge in [0, 0.05) is 24.6 Å². The van der Waals surface area contributed by atoms with Crippen molar-refractivity contribution in [2.45, 2.75) is 24.9 Å². The summed E-state index contributed by atoms with van der Waals surface area (Å²) in [5.41, 5.74) is -0.754. The maximum absolute atomic E-state index is 13.1. The number of methoxy groups -OCH3 is 2. The van der Waals surface area contributed by atoms with Crippen molar-refractivity contribution in [2.75, 3.05) is 25.7 Å². The predicted molar refractivity (Wildman–Crippen MR) is 106 cm³/mol. The molecule has 0 fully saturated rings. The molecule has 0 saturated carbocycles. The fourth-order valence-corrected chi connectivity index (χ4v) is 3.57. The molecule has 2 aromatic rings. The molecule has 0 unspecified atom stereocenters. The van der Waals surface area contributed by atoms with Crippen LogP contribution in [0.3, 0.4) is 0 Å². The van der Waals surface area contributed by atoms with E-state index in [4.69, 9.17) is 14.7 Å². The number of carbonyl (C=O) groups is 2. The van der Waals surface area contributed by atoms with Crippen molar-refractivity contribution >= 4 is 17.4 Å². The second kappa shape index (κ2) is 8.33. The fourth-order valence-electron chi connectivity index (χ4n) is 3.57. The summed E-state index contributed by atoms with van der Waals surface area (Å²) in [6.45, 7) is 0.297. The monoisotopic (exact) mass is 394 g/mol. The topological polar surface area (TPSA) is 99.9 Å². The molecule has 7 heteroatoms. The average molecular weight is 394 g/mol. The summed E-state index contributed by atoms with van der Waals surface area (Å²) in [6.07, 6.45) is 0.361. The highest BCUT2D eigenvalue weighted by Gasteiger charge is 2.50. The number of carbonyl (C=O) groups excluding carboxylic acids is 2. The number of hydrogen-bond acceptors (Lipinski definition) is 6. The Bertz CT molecular complexity index is 981. The van der Waals surface area contributed by atoms with E-state index >= 15 is 0 Å². The lowest BCUT2D eigenvalue weighted by molar-refractivity contribution is -0.135. The third kappa shape index (κ3) is 3.67. The third-order valence-corrected chi connectivity index (χ3v) is 5.04. The van der Waals surface area contributed by atoms with Gasteiger partial charge in [-0.1, -0.05) is 18.2 Å². The first-order chi connectivity index (χ1) is 14.0. The van der Waals surface area contributed by atoms with E-state index in [1.54, 1.807) is 42.5 Å². The van der Waals surface area contributed by atoms with E-state index in [1.807, 2.05) is 6.07 Å². The molecule has 1 atom stereocenters. The number of fused-ring (bicyclic) bond motifs is 1. The number of benzene rings is 2. The Morgan fingerprint density at radius 2 is 1.97 bits per heavy atom. The third-order valence-electron chi connectivity index (χ3n) is 5.04. The number of Topliss-reactive ketones (excluding diaryl/α,β-unsaturated/α-hetero) is 1. The molecule has 1 aliphatic heterocycles. The molecular weight excluding hydrogens is 372 g/mol. The van der Waals surface area contributed by atoms with Crippen LogP contribution < -0.4 is 14.4 Å². The predicted octanol–water partition coefficient (Wildman–Crippen LogP) is 2.81.